The number of hydrogen-bond donors (Lipinski definition) is 0. The smallest absolute Gasteiger partial charge is 0.264 e. The fraction of sp³-hybridized carbons (Fsp3) is 0.167. The molecule has 1 heterocycles. The van der Waals surface area contributed by atoms with Crippen LogP contribution in [0.25, 0.3) is 11.4 Å². The van der Waals surface area contributed by atoms with Crippen molar-refractivity contribution >= 4 is 0 Å². The normalized spacial score (nSPS) is 10.1. The summed E-state index contributed by atoms with van der Waals surface area (Å²) in [7, 11) is 3.13. The fourth-order valence-electron chi connectivity index (χ4n) is 2.23. The first-order valence-electron chi connectivity index (χ1n) is 7.42. The Morgan fingerprint density at radius 2 is 1.84 bits per heavy atom. The molecule has 0 spiro atoms. The second kappa shape index (κ2) is 7.36. The number of nitriles is 1. The zero-order valence-electron chi connectivity index (χ0n) is 13.7. The first-order valence-corrected chi connectivity index (χ1v) is 7.42. The topological polar surface area (TPSA) is 90.4 Å². The van der Waals surface area contributed by atoms with Gasteiger partial charge in [-0.3, -0.25) is 0 Å². The lowest BCUT2D eigenvalue weighted by Gasteiger charge is -2.07. The molecule has 0 N–H and O–H groups in total. The molecule has 3 aromatic rings. The predicted octanol–water partition coefficient (Wildman–Crippen LogP) is 3.20. The molecule has 0 saturated heterocycles. The minimum atomic E-state index is 0.0684. The molecule has 0 fully saturated rings. The monoisotopic (exact) mass is 337 g/mol. The number of ether oxygens (including phenoxy) is 3. The Morgan fingerprint density at radius 3 is 2.60 bits per heavy atom. The minimum absolute atomic E-state index is 0.0684. The van der Waals surface area contributed by atoms with Gasteiger partial charge in [0.1, 0.15) is 11.8 Å². The Labute approximate surface area is 144 Å². The van der Waals surface area contributed by atoms with Crippen molar-refractivity contribution in [2.45, 2.75) is 6.61 Å². The van der Waals surface area contributed by atoms with Crippen molar-refractivity contribution in [1.82, 2.24) is 10.1 Å². The molecule has 0 aliphatic rings. The van der Waals surface area contributed by atoms with Gasteiger partial charge >= 0.3 is 0 Å². The zero-order chi connectivity index (χ0) is 17.6. The van der Waals surface area contributed by atoms with E-state index in [1.54, 1.807) is 50.6 Å². The van der Waals surface area contributed by atoms with Crippen LogP contribution in [0, 0.1) is 11.3 Å². The van der Waals surface area contributed by atoms with E-state index < -0.39 is 0 Å². The number of para-hydroxylation sites is 1. The quantitative estimate of drug-likeness (QED) is 0.682. The van der Waals surface area contributed by atoms with Crippen LogP contribution in [-0.2, 0) is 6.61 Å². The number of nitrogens with zero attached hydrogens (tertiary/aromatic N) is 3. The summed E-state index contributed by atoms with van der Waals surface area (Å²) in [6.45, 7) is 0.0684. The summed E-state index contributed by atoms with van der Waals surface area (Å²) in [5, 5.41) is 13.0. The van der Waals surface area contributed by atoms with Gasteiger partial charge in [-0.1, -0.05) is 17.3 Å². The van der Waals surface area contributed by atoms with Gasteiger partial charge in [-0.2, -0.15) is 10.2 Å². The predicted molar refractivity (Wildman–Crippen MR) is 88.3 cm³/mol. The van der Waals surface area contributed by atoms with Crippen molar-refractivity contribution in [3.8, 4) is 34.7 Å². The average Bonchev–Trinajstić information content (AvgIpc) is 3.15. The van der Waals surface area contributed by atoms with Gasteiger partial charge in [-0.15, -0.1) is 0 Å². The summed E-state index contributed by atoms with van der Waals surface area (Å²) >= 11 is 0. The summed E-state index contributed by atoms with van der Waals surface area (Å²) in [5.74, 6) is 2.37. The van der Waals surface area contributed by atoms with Crippen LogP contribution in [0.2, 0.25) is 0 Å². The minimum Gasteiger partial charge on any atom is -0.493 e. The maximum atomic E-state index is 9.06. The highest BCUT2D eigenvalue weighted by molar-refractivity contribution is 5.60. The summed E-state index contributed by atoms with van der Waals surface area (Å²) in [6.07, 6.45) is 0. The second-order valence-electron chi connectivity index (χ2n) is 4.98. The van der Waals surface area contributed by atoms with E-state index in [2.05, 4.69) is 16.2 Å². The Morgan fingerprint density at radius 1 is 1.04 bits per heavy atom. The molecule has 7 heteroatoms. The Bertz CT molecular complexity index is 915. The molecule has 0 atom stereocenters. The second-order valence-corrected chi connectivity index (χ2v) is 4.98. The van der Waals surface area contributed by atoms with Crippen LogP contribution in [0.4, 0.5) is 0 Å². The first-order chi connectivity index (χ1) is 12.2. The third kappa shape index (κ3) is 3.53. The molecule has 3 rings (SSSR count). The summed E-state index contributed by atoms with van der Waals surface area (Å²) < 4.78 is 21.3. The fourth-order valence-corrected chi connectivity index (χ4v) is 2.23. The number of hydrogen-bond acceptors (Lipinski definition) is 7. The van der Waals surface area contributed by atoms with Crippen molar-refractivity contribution in [1.29, 1.82) is 5.26 Å². The van der Waals surface area contributed by atoms with E-state index in [-0.39, 0.29) is 6.61 Å². The zero-order valence-corrected chi connectivity index (χ0v) is 13.7. The van der Waals surface area contributed by atoms with Crippen LogP contribution >= 0.6 is 0 Å². The molecule has 0 amide bonds. The molecule has 1 aromatic heterocycles. The molecular formula is C18H15N3O4. The van der Waals surface area contributed by atoms with Gasteiger partial charge in [-0.05, 0) is 30.3 Å². The van der Waals surface area contributed by atoms with E-state index in [1.165, 1.54) is 0 Å². The highest BCUT2D eigenvalue weighted by Crippen LogP contribution is 2.31. The molecule has 0 saturated carbocycles. The third-order valence-corrected chi connectivity index (χ3v) is 3.47. The van der Waals surface area contributed by atoms with Crippen LogP contribution < -0.4 is 14.2 Å². The van der Waals surface area contributed by atoms with Crippen molar-refractivity contribution in [3.05, 3.63) is 53.9 Å². The number of benzene rings is 2. The standard InChI is InChI=1S/C18H15N3O4/c1-22-15-8-7-12(9-16(15)23-2)18-20-17(25-21-18)11-24-14-6-4-3-5-13(14)10-19/h3-9H,11H2,1-2H3. The molecule has 0 radical (unpaired) electrons. The molecule has 2 aromatic carbocycles. The van der Waals surface area contributed by atoms with Gasteiger partial charge in [-0.25, -0.2) is 0 Å². The van der Waals surface area contributed by atoms with Crippen LogP contribution in [0.5, 0.6) is 17.2 Å². The van der Waals surface area contributed by atoms with E-state index in [1.807, 2.05) is 6.07 Å². The summed E-state index contributed by atoms with van der Waals surface area (Å²) in [5.41, 5.74) is 1.17. The lowest BCUT2D eigenvalue weighted by molar-refractivity contribution is 0.242. The van der Waals surface area contributed by atoms with Crippen LogP contribution in [0.1, 0.15) is 11.5 Å². The van der Waals surface area contributed by atoms with Gasteiger partial charge in [0.2, 0.25) is 5.82 Å². The van der Waals surface area contributed by atoms with Crippen LogP contribution in [0.3, 0.4) is 0 Å². The van der Waals surface area contributed by atoms with Gasteiger partial charge in [0.15, 0.2) is 18.1 Å². The van der Waals surface area contributed by atoms with Crippen molar-refractivity contribution < 1.29 is 18.7 Å². The molecule has 0 aliphatic heterocycles. The largest absolute Gasteiger partial charge is 0.493 e. The average molecular weight is 337 g/mol. The molecule has 25 heavy (non-hydrogen) atoms. The molecule has 126 valence electrons. The highest BCUT2D eigenvalue weighted by atomic mass is 16.5. The Hall–Kier alpha value is -3.53. The van der Waals surface area contributed by atoms with Crippen LogP contribution in [-0.4, -0.2) is 24.4 Å². The molecular weight excluding hydrogens is 322 g/mol. The van der Waals surface area contributed by atoms with E-state index in [9.17, 15) is 0 Å². The van der Waals surface area contributed by atoms with Gasteiger partial charge in [0, 0.05) is 5.56 Å². The van der Waals surface area contributed by atoms with Gasteiger partial charge in [0.05, 0.1) is 19.8 Å². The van der Waals surface area contributed by atoms with E-state index in [0.717, 1.165) is 5.56 Å². The van der Waals surface area contributed by atoms with E-state index in [4.69, 9.17) is 24.0 Å². The van der Waals surface area contributed by atoms with E-state index in [0.29, 0.717) is 34.5 Å². The lowest BCUT2D eigenvalue weighted by atomic mass is 10.2. The van der Waals surface area contributed by atoms with Gasteiger partial charge < -0.3 is 18.7 Å². The maximum absolute atomic E-state index is 9.06. The van der Waals surface area contributed by atoms with Crippen molar-refractivity contribution in [3.63, 3.8) is 0 Å². The van der Waals surface area contributed by atoms with Crippen molar-refractivity contribution in [2.75, 3.05) is 14.2 Å². The molecule has 0 aliphatic carbocycles. The molecule has 0 unspecified atom stereocenters. The molecule has 7 nitrogen and oxygen atoms in total. The number of methoxy groups -OCH3 is 2. The first kappa shape index (κ1) is 16.3. The SMILES string of the molecule is COc1ccc(-c2noc(COc3ccccc3C#N)n2)cc1OC. The summed E-state index contributed by atoms with van der Waals surface area (Å²) in [6, 6.07) is 14.4. The summed E-state index contributed by atoms with van der Waals surface area (Å²) in [4.78, 5) is 4.30. The third-order valence-electron chi connectivity index (χ3n) is 3.47. The van der Waals surface area contributed by atoms with Crippen LogP contribution in [0.15, 0.2) is 47.0 Å². The van der Waals surface area contributed by atoms with Crippen molar-refractivity contribution in [2.24, 2.45) is 0 Å². The lowest BCUT2D eigenvalue weighted by Crippen LogP contribution is -1.97. The maximum Gasteiger partial charge on any atom is 0.264 e. The van der Waals surface area contributed by atoms with E-state index >= 15 is 0 Å². The molecule has 0 bridgehead atoms. The number of aromatic nitrogens is 2. The number of rotatable bonds is 6. The Balaban J connectivity index is 1.76. The highest BCUT2D eigenvalue weighted by Gasteiger charge is 2.13. The van der Waals surface area contributed by atoms with Gasteiger partial charge in [0.25, 0.3) is 5.89 Å². The Kier molecular flexibility index (Phi) is 4.81.